The standard InChI is InChI=1S/C39H70NO11P/c1-3-5-7-8-9-10-11-12-15-18-21-25-29-37(42)48-31-35(32-49-52(46,47)50-33-36(40)39(44)45)51-38(43)30-26-22-19-16-13-14-17-20-24-28-34(41)27-23-6-4-2/h6,17,20,23-24,28,34-36,41H,3-5,7-16,18-19,21-22,25-27,29-33,40H2,1-2H3,(H,44,45)(H,46,47)/b20-17+,23-6+,28-24+/t34?,35-,36+/m1/s1. The number of aliphatic hydroxyl groups is 1. The maximum absolute atomic E-state index is 12.6. The van der Waals surface area contributed by atoms with E-state index in [4.69, 9.17) is 24.8 Å². The maximum Gasteiger partial charge on any atom is 0.472 e. The Hall–Kier alpha value is -2.34. The van der Waals surface area contributed by atoms with Crippen LogP contribution in [0.25, 0.3) is 0 Å². The van der Waals surface area contributed by atoms with Crippen LogP contribution in [0.3, 0.4) is 0 Å². The number of aliphatic hydroxyl groups excluding tert-OH is 1. The summed E-state index contributed by atoms with van der Waals surface area (Å²) in [6.45, 7) is 2.54. The van der Waals surface area contributed by atoms with Crippen LogP contribution >= 0.6 is 7.82 Å². The van der Waals surface area contributed by atoms with Gasteiger partial charge in [-0.05, 0) is 38.5 Å². The molecule has 0 bridgehead atoms. The predicted octanol–water partition coefficient (Wildman–Crippen LogP) is 8.64. The van der Waals surface area contributed by atoms with Gasteiger partial charge in [-0.2, -0.15) is 0 Å². The number of hydrogen-bond donors (Lipinski definition) is 4. The van der Waals surface area contributed by atoms with Gasteiger partial charge in [0, 0.05) is 12.8 Å². The van der Waals surface area contributed by atoms with Crippen molar-refractivity contribution >= 4 is 25.7 Å². The summed E-state index contributed by atoms with van der Waals surface area (Å²) >= 11 is 0. The van der Waals surface area contributed by atoms with Gasteiger partial charge in [-0.3, -0.25) is 23.4 Å². The van der Waals surface area contributed by atoms with Crippen LogP contribution in [0.4, 0.5) is 0 Å². The molecule has 4 atom stereocenters. The van der Waals surface area contributed by atoms with Crippen LogP contribution < -0.4 is 5.73 Å². The van der Waals surface area contributed by atoms with E-state index in [1.165, 1.54) is 51.4 Å². The fourth-order valence-corrected chi connectivity index (χ4v) is 5.88. The molecule has 0 aliphatic heterocycles. The zero-order valence-corrected chi connectivity index (χ0v) is 32.9. The van der Waals surface area contributed by atoms with Crippen LogP contribution in [-0.4, -0.2) is 71.1 Å². The molecule has 0 aliphatic rings. The molecular weight excluding hydrogens is 689 g/mol. The summed E-state index contributed by atoms with van der Waals surface area (Å²) in [5, 5.41) is 18.7. The van der Waals surface area contributed by atoms with Crippen molar-refractivity contribution in [2.45, 2.75) is 173 Å². The maximum atomic E-state index is 12.6. The number of unbranched alkanes of at least 4 members (excludes halogenated alkanes) is 16. The molecule has 0 heterocycles. The number of carbonyl (C=O) groups is 3. The molecule has 5 N–H and O–H groups in total. The summed E-state index contributed by atoms with van der Waals surface area (Å²) in [4.78, 5) is 45.8. The number of carboxylic acids is 1. The molecule has 302 valence electrons. The minimum atomic E-state index is -4.73. The highest BCUT2D eigenvalue weighted by molar-refractivity contribution is 7.47. The van der Waals surface area contributed by atoms with Gasteiger partial charge < -0.3 is 30.3 Å². The highest BCUT2D eigenvalue weighted by atomic mass is 31.2. The second-order valence-electron chi connectivity index (χ2n) is 13.2. The molecule has 0 aromatic heterocycles. The van der Waals surface area contributed by atoms with Gasteiger partial charge in [-0.15, -0.1) is 0 Å². The molecule has 0 rings (SSSR count). The lowest BCUT2D eigenvalue weighted by Gasteiger charge is -2.20. The lowest BCUT2D eigenvalue weighted by molar-refractivity contribution is -0.161. The van der Waals surface area contributed by atoms with Crippen molar-refractivity contribution in [1.29, 1.82) is 0 Å². The summed E-state index contributed by atoms with van der Waals surface area (Å²) in [7, 11) is -4.73. The molecule has 12 nitrogen and oxygen atoms in total. The number of phosphoric ester groups is 1. The average Bonchev–Trinajstić information content (AvgIpc) is 3.11. The summed E-state index contributed by atoms with van der Waals surface area (Å²) in [5.41, 5.74) is 5.31. The first-order chi connectivity index (χ1) is 25.0. The number of nitrogens with two attached hydrogens (primary N) is 1. The van der Waals surface area contributed by atoms with E-state index >= 15 is 0 Å². The monoisotopic (exact) mass is 759 g/mol. The quantitative estimate of drug-likeness (QED) is 0.0157. The molecular formula is C39H70NO11P. The lowest BCUT2D eigenvalue weighted by Crippen LogP contribution is -2.34. The number of carbonyl (C=O) groups excluding carboxylic acids is 2. The number of rotatable bonds is 36. The van der Waals surface area contributed by atoms with Crippen molar-refractivity contribution in [1.82, 2.24) is 0 Å². The van der Waals surface area contributed by atoms with Gasteiger partial charge in [0.25, 0.3) is 0 Å². The van der Waals surface area contributed by atoms with Crippen LogP contribution in [0.2, 0.25) is 0 Å². The van der Waals surface area contributed by atoms with E-state index in [1.54, 1.807) is 6.08 Å². The van der Waals surface area contributed by atoms with Crippen LogP contribution in [0.1, 0.15) is 155 Å². The second kappa shape index (κ2) is 34.4. The summed E-state index contributed by atoms with van der Waals surface area (Å²) in [5.74, 6) is -2.44. The van der Waals surface area contributed by atoms with E-state index in [0.29, 0.717) is 19.3 Å². The van der Waals surface area contributed by atoms with E-state index in [0.717, 1.165) is 57.8 Å². The molecule has 0 saturated carbocycles. The normalized spacial score (nSPS) is 14.9. The molecule has 0 aliphatic carbocycles. The molecule has 2 unspecified atom stereocenters. The van der Waals surface area contributed by atoms with E-state index in [1.807, 2.05) is 24.3 Å². The first-order valence-electron chi connectivity index (χ1n) is 19.6. The Morgan fingerprint density at radius 1 is 0.692 bits per heavy atom. The van der Waals surface area contributed by atoms with E-state index in [-0.39, 0.29) is 19.4 Å². The van der Waals surface area contributed by atoms with Gasteiger partial charge in [-0.25, -0.2) is 4.57 Å². The molecule has 0 radical (unpaired) electrons. The molecule has 52 heavy (non-hydrogen) atoms. The second-order valence-corrected chi connectivity index (χ2v) is 14.7. The summed E-state index contributed by atoms with van der Waals surface area (Å²) in [6.07, 6.45) is 31.2. The van der Waals surface area contributed by atoms with Gasteiger partial charge in [-0.1, -0.05) is 140 Å². The van der Waals surface area contributed by atoms with Crippen LogP contribution in [0.5, 0.6) is 0 Å². The van der Waals surface area contributed by atoms with Gasteiger partial charge >= 0.3 is 25.7 Å². The van der Waals surface area contributed by atoms with Crippen molar-refractivity contribution in [3.05, 3.63) is 36.5 Å². The molecule has 13 heteroatoms. The van der Waals surface area contributed by atoms with Crippen molar-refractivity contribution < 1.29 is 52.6 Å². The highest BCUT2D eigenvalue weighted by Gasteiger charge is 2.28. The Morgan fingerprint density at radius 2 is 1.23 bits per heavy atom. The number of hydrogen-bond acceptors (Lipinski definition) is 10. The number of phosphoric acid groups is 1. The highest BCUT2D eigenvalue weighted by Crippen LogP contribution is 2.43. The van der Waals surface area contributed by atoms with E-state index in [2.05, 4.69) is 24.4 Å². The number of esters is 2. The third kappa shape index (κ3) is 33.5. The number of allylic oxidation sites excluding steroid dienone is 4. The molecule has 0 amide bonds. The Balaban J connectivity index is 4.50. The minimum absolute atomic E-state index is 0.116. The molecule has 0 saturated heterocycles. The van der Waals surface area contributed by atoms with Crippen LogP contribution in [-0.2, 0) is 37.5 Å². The number of carboxylic acid groups (broad SMARTS) is 1. The van der Waals surface area contributed by atoms with Gasteiger partial charge in [0.1, 0.15) is 12.6 Å². The van der Waals surface area contributed by atoms with Crippen molar-refractivity contribution in [3.63, 3.8) is 0 Å². The topological polar surface area (TPSA) is 192 Å². The lowest BCUT2D eigenvalue weighted by atomic mass is 10.0. The van der Waals surface area contributed by atoms with E-state index < -0.39 is 57.2 Å². The van der Waals surface area contributed by atoms with Crippen molar-refractivity contribution in [2.24, 2.45) is 5.73 Å². The van der Waals surface area contributed by atoms with Crippen molar-refractivity contribution in [2.75, 3.05) is 19.8 Å². The Labute approximate surface area is 313 Å². The Kier molecular flexibility index (Phi) is 32.9. The van der Waals surface area contributed by atoms with Gasteiger partial charge in [0.15, 0.2) is 6.10 Å². The van der Waals surface area contributed by atoms with Gasteiger partial charge in [0.05, 0.1) is 19.3 Å². The average molecular weight is 760 g/mol. The van der Waals surface area contributed by atoms with Crippen LogP contribution in [0.15, 0.2) is 36.5 Å². The zero-order valence-electron chi connectivity index (χ0n) is 32.0. The third-order valence-electron chi connectivity index (χ3n) is 8.23. The smallest absolute Gasteiger partial charge is 0.472 e. The number of aliphatic carboxylic acids is 1. The summed E-state index contributed by atoms with van der Waals surface area (Å²) < 4.78 is 32.5. The number of ether oxygens (including phenoxy) is 2. The molecule has 0 aromatic carbocycles. The van der Waals surface area contributed by atoms with E-state index in [9.17, 15) is 28.9 Å². The Bertz CT molecular complexity index is 1050. The minimum Gasteiger partial charge on any atom is -0.480 e. The largest absolute Gasteiger partial charge is 0.480 e. The zero-order chi connectivity index (χ0) is 38.7. The summed E-state index contributed by atoms with van der Waals surface area (Å²) in [6, 6.07) is -1.53. The van der Waals surface area contributed by atoms with Crippen molar-refractivity contribution in [3.8, 4) is 0 Å². The predicted molar refractivity (Wildman–Crippen MR) is 205 cm³/mol. The Morgan fingerprint density at radius 3 is 1.81 bits per heavy atom. The third-order valence-corrected chi connectivity index (χ3v) is 9.18. The molecule has 0 spiro atoms. The molecule has 0 fully saturated rings. The fraction of sp³-hybridized carbons (Fsp3) is 0.769. The van der Waals surface area contributed by atoms with Gasteiger partial charge in [0.2, 0.25) is 0 Å². The van der Waals surface area contributed by atoms with Crippen LogP contribution in [0, 0.1) is 0 Å². The SMILES string of the molecule is CC/C=C/CC(O)/C=C/C=C/CCCCCCCC(=O)O[C@H](COC(=O)CCCCCCCCCCCCCC)COP(=O)(O)OC[C@H](N)C(=O)O. The first kappa shape index (κ1) is 49.7. The fourth-order valence-electron chi connectivity index (χ4n) is 5.10. The molecule has 0 aromatic rings. The first-order valence-corrected chi connectivity index (χ1v) is 21.1.